The standard InChI is InChI=1S/C61H39NS2/c1-4-18-40(19-5-1)45-26-16-32-57-59(45)49-38-43(34-36-55(49)63-57)62(44-35-37-56-50(39-44)60-46(27-17-33-58(60)64-56)41-20-6-2-7-21-41)54-31-15-14-30-53(54)61(42-22-8-3-9-23-42)51-28-12-10-24-47(51)48-25-11-13-29-52(48)61/h1-39H. The summed E-state index contributed by atoms with van der Waals surface area (Å²) in [7, 11) is 0. The summed E-state index contributed by atoms with van der Waals surface area (Å²) in [6, 6.07) is 87.9. The number of rotatable bonds is 7. The molecular formula is C61H39NS2. The van der Waals surface area contributed by atoms with Crippen molar-refractivity contribution in [1.29, 1.82) is 0 Å². The molecule has 12 aromatic rings. The zero-order valence-electron chi connectivity index (χ0n) is 34.8. The molecule has 0 aliphatic heterocycles. The Labute approximate surface area is 380 Å². The van der Waals surface area contributed by atoms with Crippen molar-refractivity contribution in [2.24, 2.45) is 0 Å². The van der Waals surface area contributed by atoms with Gasteiger partial charge in [0.15, 0.2) is 0 Å². The lowest BCUT2D eigenvalue weighted by molar-refractivity contribution is 0.768. The maximum atomic E-state index is 2.55. The van der Waals surface area contributed by atoms with E-state index in [0.29, 0.717) is 0 Å². The van der Waals surface area contributed by atoms with E-state index in [1.807, 2.05) is 22.7 Å². The predicted molar refractivity (Wildman–Crippen MR) is 275 cm³/mol. The molecule has 64 heavy (non-hydrogen) atoms. The molecule has 0 radical (unpaired) electrons. The Kier molecular flexibility index (Phi) is 8.55. The normalized spacial score (nSPS) is 12.8. The Balaban J connectivity index is 1.13. The average Bonchev–Trinajstić information content (AvgIpc) is 4.03. The lowest BCUT2D eigenvalue weighted by atomic mass is 9.67. The van der Waals surface area contributed by atoms with E-state index >= 15 is 0 Å². The van der Waals surface area contributed by atoms with Gasteiger partial charge in [0.1, 0.15) is 0 Å². The fraction of sp³-hybridized carbons (Fsp3) is 0.0164. The van der Waals surface area contributed by atoms with E-state index < -0.39 is 5.41 Å². The van der Waals surface area contributed by atoms with Crippen LogP contribution < -0.4 is 4.90 Å². The molecule has 0 atom stereocenters. The Morgan fingerprint density at radius 3 is 1.25 bits per heavy atom. The third kappa shape index (κ3) is 5.55. The summed E-state index contributed by atoms with van der Waals surface area (Å²) in [6.07, 6.45) is 0. The van der Waals surface area contributed by atoms with Crippen molar-refractivity contribution in [3.05, 3.63) is 259 Å². The molecule has 0 N–H and O–H groups in total. The van der Waals surface area contributed by atoms with Crippen LogP contribution in [0.1, 0.15) is 22.3 Å². The fourth-order valence-electron chi connectivity index (χ4n) is 10.7. The van der Waals surface area contributed by atoms with E-state index in [1.54, 1.807) is 0 Å². The van der Waals surface area contributed by atoms with E-state index in [-0.39, 0.29) is 0 Å². The summed E-state index contributed by atoms with van der Waals surface area (Å²) < 4.78 is 5.15. The van der Waals surface area contributed by atoms with Gasteiger partial charge in [-0.1, -0.05) is 182 Å². The van der Waals surface area contributed by atoms with Crippen LogP contribution in [-0.2, 0) is 5.41 Å². The van der Waals surface area contributed by atoms with Crippen LogP contribution in [0.25, 0.3) is 73.7 Å². The number of fused-ring (bicyclic) bond motifs is 9. The first kappa shape index (κ1) is 37.0. The first-order valence-corrected chi connectivity index (χ1v) is 23.5. The molecule has 10 aromatic carbocycles. The summed E-state index contributed by atoms with van der Waals surface area (Å²) in [5.41, 5.74) is 15.4. The molecule has 1 aliphatic rings. The van der Waals surface area contributed by atoms with Gasteiger partial charge in [0, 0.05) is 51.7 Å². The third-order valence-electron chi connectivity index (χ3n) is 13.4. The number of hydrogen-bond donors (Lipinski definition) is 0. The molecule has 1 aliphatic carbocycles. The molecule has 0 saturated heterocycles. The second-order valence-electron chi connectivity index (χ2n) is 16.7. The highest BCUT2D eigenvalue weighted by atomic mass is 32.1. The highest BCUT2D eigenvalue weighted by molar-refractivity contribution is 7.26. The van der Waals surface area contributed by atoms with Crippen molar-refractivity contribution in [3.8, 4) is 33.4 Å². The van der Waals surface area contributed by atoms with Crippen LogP contribution in [0.2, 0.25) is 0 Å². The second kappa shape index (κ2) is 14.8. The van der Waals surface area contributed by atoms with Crippen LogP contribution >= 0.6 is 22.7 Å². The van der Waals surface area contributed by atoms with E-state index in [4.69, 9.17) is 0 Å². The van der Waals surface area contributed by atoms with Crippen LogP contribution in [0.5, 0.6) is 0 Å². The smallest absolute Gasteiger partial charge is 0.0733 e. The van der Waals surface area contributed by atoms with Crippen LogP contribution in [0.4, 0.5) is 17.1 Å². The summed E-state index contributed by atoms with van der Waals surface area (Å²) in [6.45, 7) is 0. The van der Waals surface area contributed by atoms with Crippen molar-refractivity contribution in [3.63, 3.8) is 0 Å². The Morgan fingerprint density at radius 1 is 0.312 bits per heavy atom. The zero-order chi connectivity index (χ0) is 42.2. The van der Waals surface area contributed by atoms with Gasteiger partial charge < -0.3 is 4.90 Å². The minimum atomic E-state index is -0.595. The molecule has 1 nitrogen and oxygen atoms in total. The number of nitrogens with zero attached hydrogens (tertiary/aromatic N) is 1. The molecule has 3 heteroatoms. The van der Waals surface area contributed by atoms with Gasteiger partial charge in [-0.15, -0.1) is 22.7 Å². The number of benzene rings is 10. The van der Waals surface area contributed by atoms with Crippen molar-refractivity contribution < 1.29 is 0 Å². The second-order valence-corrected chi connectivity index (χ2v) is 18.9. The van der Waals surface area contributed by atoms with Gasteiger partial charge in [-0.2, -0.15) is 0 Å². The van der Waals surface area contributed by atoms with E-state index in [1.165, 1.54) is 96.0 Å². The molecule has 0 bridgehead atoms. The van der Waals surface area contributed by atoms with Gasteiger partial charge in [0.05, 0.1) is 11.1 Å². The third-order valence-corrected chi connectivity index (χ3v) is 15.6. The van der Waals surface area contributed by atoms with Gasteiger partial charge in [-0.05, 0) is 110 Å². The molecule has 2 heterocycles. The van der Waals surface area contributed by atoms with Gasteiger partial charge >= 0.3 is 0 Å². The molecule has 2 aromatic heterocycles. The van der Waals surface area contributed by atoms with Gasteiger partial charge in [-0.25, -0.2) is 0 Å². The predicted octanol–water partition coefficient (Wildman–Crippen LogP) is 17.6. The SMILES string of the molecule is c1ccc(-c2cccc3sc4ccc(N(c5ccc6sc7cccc(-c8ccccc8)c7c6c5)c5ccccc5C5(c6ccccc6)c6ccccc6-c6ccccc65)cc4c23)cc1. The number of thiophene rings is 2. The quantitative estimate of drug-likeness (QED) is 0.154. The topological polar surface area (TPSA) is 3.24 Å². The monoisotopic (exact) mass is 849 g/mol. The van der Waals surface area contributed by atoms with Gasteiger partial charge in [0.25, 0.3) is 0 Å². The number of para-hydroxylation sites is 1. The van der Waals surface area contributed by atoms with Crippen molar-refractivity contribution in [1.82, 2.24) is 0 Å². The number of anilines is 3. The molecular weight excluding hydrogens is 811 g/mol. The van der Waals surface area contributed by atoms with E-state index in [2.05, 4.69) is 241 Å². The first-order valence-electron chi connectivity index (χ1n) is 21.9. The van der Waals surface area contributed by atoms with Crippen LogP contribution in [-0.4, -0.2) is 0 Å². The van der Waals surface area contributed by atoms with Crippen LogP contribution in [0, 0.1) is 0 Å². The van der Waals surface area contributed by atoms with Gasteiger partial charge in [-0.3, -0.25) is 0 Å². The van der Waals surface area contributed by atoms with E-state index in [0.717, 1.165) is 17.1 Å². The fourth-order valence-corrected chi connectivity index (χ4v) is 12.9. The zero-order valence-corrected chi connectivity index (χ0v) is 36.4. The molecule has 300 valence electrons. The molecule has 0 amide bonds. The summed E-state index contributed by atoms with van der Waals surface area (Å²) in [5, 5.41) is 5.13. The summed E-state index contributed by atoms with van der Waals surface area (Å²) in [5.74, 6) is 0. The first-order chi connectivity index (χ1) is 31.8. The largest absolute Gasteiger partial charge is 0.310 e. The maximum Gasteiger partial charge on any atom is 0.0733 e. The molecule has 13 rings (SSSR count). The highest BCUT2D eigenvalue weighted by Gasteiger charge is 2.47. The Morgan fingerprint density at radius 2 is 0.734 bits per heavy atom. The molecule has 0 fully saturated rings. The van der Waals surface area contributed by atoms with Gasteiger partial charge in [0.2, 0.25) is 0 Å². The molecule has 0 unspecified atom stereocenters. The Bertz CT molecular complexity index is 3530. The van der Waals surface area contributed by atoms with Crippen LogP contribution in [0.3, 0.4) is 0 Å². The summed E-state index contributed by atoms with van der Waals surface area (Å²) >= 11 is 3.75. The molecule has 0 spiro atoms. The van der Waals surface area contributed by atoms with Crippen LogP contribution in [0.15, 0.2) is 237 Å². The summed E-state index contributed by atoms with van der Waals surface area (Å²) in [4.78, 5) is 2.55. The lowest BCUT2D eigenvalue weighted by Crippen LogP contribution is -2.30. The van der Waals surface area contributed by atoms with Crippen molar-refractivity contribution in [2.75, 3.05) is 4.90 Å². The number of hydrogen-bond acceptors (Lipinski definition) is 3. The minimum absolute atomic E-state index is 0.595. The Hall–Kier alpha value is -7.56. The van der Waals surface area contributed by atoms with E-state index in [9.17, 15) is 0 Å². The highest BCUT2D eigenvalue weighted by Crippen LogP contribution is 2.59. The van der Waals surface area contributed by atoms with Crippen molar-refractivity contribution in [2.45, 2.75) is 5.41 Å². The maximum absolute atomic E-state index is 2.55. The van der Waals surface area contributed by atoms with Crippen molar-refractivity contribution >= 4 is 80.1 Å². The minimum Gasteiger partial charge on any atom is -0.310 e. The average molecular weight is 850 g/mol. The molecule has 0 saturated carbocycles. The lowest BCUT2D eigenvalue weighted by Gasteiger charge is -2.38.